The highest BCUT2D eigenvalue weighted by atomic mass is 79.9. The molecule has 3 rings (SSSR count). The zero-order chi connectivity index (χ0) is 13.1. The second kappa shape index (κ2) is 5.49. The minimum absolute atomic E-state index is 0.917. The third-order valence-corrected chi connectivity index (χ3v) is 3.73. The summed E-state index contributed by atoms with van der Waals surface area (Å²) in [6, 6.07) is 18.9. The van der Waals surface area contributed by atoms with E-state index in [0.717, 1.165) is 23.2 Å². The van der Waals surface area contributed by atoms with Gasteiger partial charge in [-0.15, -0.1) is 0 Å². The summed E-state index contributed by atoms with van der Waals surface area (Å²) < 4.78 is 3.38. The number of halogens is 1. The van der Waals surface area contributed by atoms with Crippen molar-refractivity contribution in [3.05, 3.63) is 65.3 Å². The van der Waals surface area contributed by atoms with Crippen LogP contribution in [0.3, 0.4) is 0 Å². The number of benzene rings is 2. The average molecular weight is 315 g/mol. The molecule has 0 aliphatic rings. The highest BCUT2D eigenvalue weighted by Crippen LogP contribution is 2.16. The lowest BCUT2D eigenvalue weighted by atomic mass is 10.2. The fourth-order valence-corrected chi connectivity index (χ4v) is 2.49. The summed E-state index contributed by atoms with van der Waals surface area (Å²) >= 11 is 3.44. The molecular weight excluding hydrogens is 300 g/mol. The molecule has 0 aliphatic carbocycles. The maximum Gasteiger partial charge on any atom is 0.0480 e. The number of rotatable bonds is 4. The quantitative estimate of drug-likeness (QED) is 0.749. The number of nitrogens with one attached hydrogen (secondary N) is 1. The Kier molecular flexibility index (Phi) is 3.56. The van der Waals surface area contributed by atoms with Crippen LogP contribution in [0.25, 0.3) is 10.9 Å². The van der Waals surface area contributed by atoms with Crippen LogP contribution in [0.4, 0.5) is 5.69 Å². The summed E-state index contributed by atoms with van der Waals surface area (Å²) in [5.41, 5.74) is 2.44. The fourth-order valence-electron chi connectivity index (χ4n) is 2.22. The Morgan fingerprint density at radius 3 is 2.58 bits per heavy atom. The van der Waals surface area contributed by atoms with Gasteiger partial charge in [0.25, 0.3) is 0 Å². The Hall–Kier alpha value is -1.74. The molecule has 0 saturated heterocycles. The van der Waals surface area contributed by atoms with E-state index in [9.17, 15) is 0 Å². The van der Waals surface area contributed by atoms with Gasteiger partial charge in [-0.25, -0.2) is 0 Å². The first-order chi connectivity index (χ1) is 9.33. The van der Waals surface area contributed by atoms with Crippen molar-refractivity contribution in [1.82, 2.24) is 4.57 Å². The molecule has 19 heavy (non-hydrogen) atoms. The van der Waals surface area contributed by atoms with Gasteiger partial charge in [-0.3, -0.25) is 0 Å². The van der Waals surface area contributed by atoms with Crippen LogP contribution in [0.15, 0.2) is 65.3 Å². The van der Waals surface area contributed by atoms with Crippen LogP contribution >= 0.6 is 15.9 Å². The molecule has 0 unspecified atom stereocenters. The maximum atomic E-state index is 3.44. The largest absolute Gasteiger partial charge is 0.383 e. The van der Waals surface area contributed by atoms with Crippen LogP contribution in [0.5, 0.6) is 0 Å². The van der Waals surface area contributed by atoms with Gasteiger partial charge in [0.15, 0.2) is 0 Å². The Morgan fingerprint density at radius 1 is 0.947 bits per heavy atom. The number of fused-ring (bicyclic) bond motifs is 1. The van der Waals surface area contributed by atoms with Crippen LogP contribution in [0.2, 0.25) is 0 Å². The molecule has 0 atom stereocenters. The van der Waals surface area contributed by atoms with Gasteiger partial charge in [-0.05, 0) is 41.8 Å². The fraction of sp³-hybridized carbons (Fsp3) is 0.125. The summed E-state index contributed by atoms with van der Waals surface area (Å²) in [5.74, 6) is 0. The molecule has 2 aromatic carbocycles. The van der Waals surface area contributed by atoms with Crippen LogP contribution in [0, 0.1) is 0 Å². The lowest BCUT2D eigenvalue weighted by molar-refractivity contribution is 0.757. The highest BCUT2D eigenvalue weighted by molar-refractivity contribution is 9.10. The molecule has 0 saturated carbocycles. The number of anilines is 1. The zero-order valence-electron chi connectivity index (χ0n) is 10.5. The van der Waals surface area contributed by atoms with Gasteiger partial charge in [0.2, 0.25) is 0 Å². The van der Waals surface area contributed by atoms with Crippen LogP contribution in [-0.4, -0.2) is 11.1 Å². The normalized spacial score (nSPS) is 10.8. The van der Waals surface area contributed by atoms with E-state index in [1.807, 2.05) is 12.1 Å². The highest BCUT2D eigenvalue weighted by Gasteiger charge is 1.99. The second-order valence-corrected chi connectivity index (χ2v) is 5.42. The minimum atomic E-state index is 0.917. The molecule has 1 N–H and O–H groups in total. The third kappa shape index (κ3) is 2.82. The van der Waals surface area contributed by atoms with E-state index < -0.39 is 0 Å². The van der Waals surface area contributed by atoms with Gasteiger partial charge in [0.05, 0.1) is 0 Å². The second-order valence-electron chi connectivity index (χ2n) is 4.50. The van der Waals surface area contributed by atoms with E-state index in [4.69, 9.17) is 0 Å². The minimum Gasteiger partial charge on any atom is -0.383 e. The molecule has 3 heteroatoms. The molecular formula is C16H15BrN2. The van der Waals surface area contributed by atoms with Gasteiger partial charge in [-0.1, -0.05) is 34.1 Å². The lowest BCUT2D eigenvalue weighted by Crippen LogP contribution is -2.09. The molecule has 0 spiro atoms. The Bertz CT molecular complexity index is 671. The average Bonchev–Trinajstić information content (AvgIpc) is 2.85. The Balaban J connectivity index is 1.65. The van der Waals surface area contributed by atoms with E-state index in [0.29, 0.717) is 0 Å². The number of hydrogen-bond donors (Lipinski definition) is 1. The molecule has 2 nitrogen and oxygen atoms in total. The van der Waals surface area contributed by atoms with Crippen LogP contribution in [0.1, 0.15) is 0 Å². The molecule has 96 valence electrons. The van der Waals surface area contributed by atoms with Gasteiger partial charge in [0, 0.05) is 35.0 Å². The first kappa shape index (κ1) is 12.3. The maximum absolute atomic E-state index is 3.44. The van der Waals surface area contributed by atoms with Crippen molar-refractivity contribution < 1.29 is 0 Å². The van der Waals surface area contributed by atoms with Gasteiger partial charge >= 0.3 is 0 Å². The van der Waals surface area contributed by atoms with Crippen molar-refractivity contribution >= 4 is 32.5 Å². The number of aromatic nitrogens is 1. The van der Waals surface area contributed by atoms with E-state index in [2.05, 4.69) is 74.5 Å². The number of nitrogens with zero attached hydrogens (tertiary/aromatic N) is 1. The molecule has 0 amide bonds. The van der Waals surface area contributed by atoms with Crippen molar-refractivity contribution in [2.45, 2.75) is 6.54 Å². The molecule has 0 radical (unpaired) electrons. The van der Waals surface area contributed by atoms with E-state index >= 15 is 0 Å². The number of hydrogen-bond acceptors (Lipinski definition) is 1. The summed E-state index contributed by atoms with van der Waals surface area (Å²) in [6.45, 7) is 1.88. The molecule has 1 heterocycles. The SMILES string of the molecule is Brc1ccc(NCCn2ccc3ccccc32)cc1. The third-order valence-electron chi connectivity index (χ3n) is 3.21. The van der Waals surface area contributed by atoms with Gasteiger partial charge in [0.1, 0.15) is 0 Å². The van der Waals surface area contributed by atoms with Crippen molar-refractivity contribution in [2.75, 3.05) is 11.9 Å². The molecule has 1 aromatic heterocycles. The summed E-state index contributed by atoms with van der Waals surface area (Å²) in [7, 11) is 0. The van der Waals surface area contributed by atoms with Crippen molar-refractivity contribution in [2.24, 2.45) is 0 Å². The van der Waals surface area contributed by atoms with Gasteiger partial charge in [-0.2, -0.15) is 0 Å². The van der Waals surface area contributed by atoms with Crippen LogP contribution < -0.4 is 5.32 Å². The lowest BCUT2D eigenvalue weighted by Gasteiger charge is -2.08. The Morgan fingerprint density at radius 2 is 1.74 bits per heavy atom. The summed E-state index contributed by atoms with van der Waals surface area (Å²) in [6.07, 6.45) is 2.15. The molecule has 3 aromatic rings. The van der Waals surface area contributed by atoms with Gasteiger partial charge < -0.3 is 9.88 Å². The number of para-hydroxylation sites is 1. The monoisotopic (exact) mass is 314 g/mol. The van der Waals surface area contributed by atoms with E-state index in [1.54, 1.807) is 0 Å². The standard InChI is InChI=1S/C16H15BrN2/c17-14-5-7-15(8-6-14)18-10-12-19-11-9-13-3-1-2-4-16(13)19/h1-9,11,18H,10,12H2. The smallest absolute Gasteiger partial charge is 0.0480 e. The summed E-state index contributed by atoms with van der Waals surface area (Å²) in [4.78, 5) is 0. The molecule has 0 bridgehead atoms. The first-order valence-electron chi connectivity index (χ1n) is 6.36. The first-order valence-corrected chi connectivity index (χ1v) is 7.15. The predicted molar refractivity (Wildman–Crippen MR) is 84.6 cm³/mol. The zero-order valence-corrected chi connectivity index (χ0v) is 12.1. The molecule has 0 fully saturated rings. The van der Waals surface area contributed by atoms with Crippen molar-refractivity contribution in [3.8, 4) is 0 Å². The van der Waals surface area contributed by atoms with Crippen LogP contribution in [-0.2, 0) is 6.54 Å². The van der Waals surface area contributed by atoms with E-state index in [1.165, 1.54) is 10.9 Å². The Labute approximate surface area is 121 Å². The molecule has 0 aliphatic heterocycles. The summed E-state index contributed by atoms with van der Waals surface area (Å²) in [5, 5.41) is 4.73. The van der Waals surface area contributed by atoms with Crippen molar-refractivity contribution in [3.63, 3.8) is 0 Å². The van der Waals surface area contributed by atoms with Crippen molar-refractivity contribution in [1.29, 1.82) is 0 Å². The predicted octanol–water partition coefficient (Wildman–Crippen LogP) is 4.52. The van der Waals surface area contributed by atoms with E-state index in [-0.39, 0.29) is 0 Å². The topological polar surface area (TPSA) is 17.0 Å².